The predicted octanol–water partition coefficient (Wildman–Crippen LogP) is -6.61. The number of carbonyl (C=O) groups is 8. The molecule has 23 heteroatoms. The second-order valence-corrected chi connectivity index (χ2v) is 12.8. The number of hydrogen-bond donors (Lipinski definition) is 14. The van der Waals surface area contributed by atoms with Crippen molar-refractivity contribution >= 4 is 65.8 Å². The van der Waals surface area contributed by atoms with E-state index in [0.717, 1.165) is 0 Å². The van der Waals surface area contributed by atoms with Gasteiger partial charge in [-0.1, -0.05) is 0 Å². The number of guanidine groups is 1. The van der Waals surface area contributed by atoms with Crippen molar-refractivity contribution in [2.75, 3.05) is 45.1 Å². The molecule has 17 N–H and O–H groups in total. The molecule has 0 aromatic carbocycles. The van der Waals surface area contributed by atoms with Crippen molar-refractivity contribution in [2.24, 2.45) is 27.9 Å². The Balaban J connectivity index is 3.52. The lowest BCUT2D eigenvalue weighted by Crippen LogP contribution is -2.59. The molecule has 0 radical (unpaired) electrons. The lowest BCUT2D eigenvalue weighted by Gasteiger charge is -2.26. The van der Waals surface area contributed by atoms with Crippen LogP contribution in [-0.2, 0) is 38.4 Å². The highest BCUT2D eigenvalue weighted by Crippen LogP contribution is 2.08. The molecule has 1 aliphatic rings. The van der Waals surface area contributed by atoms with Gasteiger partial charge in [0, 0.05) is 12.3 Å². The van der Waals surface area contributed by atoms with E-state index in [-0.39, 0.29) is 50.5 Å². The molecule has 8 amide bonds. The molecular formula is C31H57N13O9S. The number of nitrogens with two attached hydrogens (primary N) is 4. The van der Waals surface area contributed by atoms with Crippen molar-refractivity contribution in [3.63, 3.8) is 0 Å². The SMILES string of the molecule is C[C@@H]1NC(=O)[C@H](CS)NC(=O)CNC(=O)[C@H](CO)NC(=O)[C@H](CCCCN)NC(=O)[C@H](CCCN=C(N)N)NC(=O)[C@H](CCCCN)NC(=O)CNC1=O. The summed E-state index contributed by atoms with van der Waals surface area (Å²) in [5.74, 6) is -6.86. The molecule has 0 aromatic heterocycles. The number of rotatable bonds is 14. The Kier molecular flexibility index (Phi) is 22.9. The van der Waals surface area contributed by atoms with Crippen LogP contribution in [0.5, 0.6) is 0 Å². The number of hydrogen-bond acceptors (Lipinski definition) is 13. The zero-order valence-electron chi connectivity index (χ0n) is 30.5. The van der Waals surface area contributed by atoms with E-state index < -0.39 is 103 Å². The average molecular weight is 788 g/mol. The van der Waals surface area contributed by atoms with Crippen LogP contribution in [0.1, 0.15) is 58.3 Å². The molecule has 0 aliphatic carbocycles. The zero-order valence-corrected chi connectivity index (χ0v) is 31.4. The van der Waals surface area contributed by atoms with Crippen LogP contribution in [0.25, 0.3) is 0 Å². The summed E-state index contributed by atoms with van der Waals surface area (Å²) in [7, 11) is 0. The summed E-state index contributed by atoms with van der Waals surface area (Å²) < 4.78 is 0. The van der Waals surface area contributed by atoms with Crippen LogP contribution in [0.4, 0.5) is 0 Å². The van der Waals surface area contributed by atoms with Gasteiger partial charge in [0.1, 0.15) is 36.3 Å². The third-order valence-corrected chi connectivity index (χ3v) is 8.37. The molecule has 1 rings (SSSR count). The molecule has 0 spiro atoms. The number of aliphatic hydroxyl groups is 1. The third-order valence-electron chi connectivity index (χ3n) is 8.01. The molecule has 6 atom stereocenters. The summed E-state index contributed by atoms with van der Waals surface area (Å²) in [4.78, 5) is 109. The highest BCUT2D eigenvalue weighted by atomic mass is 32.1. The summed E-state index contributed by atoms with van der Waals surface area (Å²) in [6, 6.07) is -7.68. The molecule has 1 aliphatic heterocycles. The Hall–Kier alpha value is -4.74. The second-order valence-electron chi connectivity index (χ2n) is 12.5. The molecule has 0 bridgehead atoms. The van der Waals surface area contributed by atoms with Crippen LogP contribution < -0.4 is 65.5 Å². The van der Waals surface area contributed by atoms with E-state index in [1.807, 2.05) is 0 Å². The first-order valence-corrected chi connectivity index (χ1v) is 18.3. The van der Waals surface area contributed by atoms with Crippen molar-refractivity contribution in [3.05, 3.63) is 0 Å². The smallest absolute Gasteiger partial charge is 0.245 e. The molecule has 54 heavy (non-hydrogen) atoms. The maximum absolute atomic E-state index is 13.7. The molecule has 0 unspecified atom stereocenters. The van der Waals surface area contributed by atoms with Gasteiger partial charge in [0.15, 0.2) is 5.96 Å². The zero-order chi connectivity index (χ0) is 40.6. The van der Waals surface area contributed by atoms with Gasteiger partial charge in [-0.3, -0.25) is 43.3 Å². The molecule has 306 valence electrons. The topological polar surface area (TPSA) is 369 Å². The van der Waals surface area contributed by atoms with E-state index in [0.29, 0.717) is 32.2 Å². The Labute approximate surface area is 319 Å². The highest BCUT2D eigenvalue weighted by molar-refractivity contribution is 7.80. The number of carbonyl (C=O) groups excluding carboxylic acids is 8. The fraction of sp³-hybridized carbons (Fsp3) is 0.710. The van der Waals surface area contributed by atoms with Crippen LogP contribution in [0.2, 0.25) is 0 Å². The van der Waals surface area contributed by atoms with Gasteiger partial charge < -0.3 is 70.6 Å². The van der Waals surface area contributed by atoms with E-state index in [9.17, 15) is 43.5 Å². The number of aliphatic hydroxyl groups excluding tert-OH is 1. The summed E-state index contributed by atoms with van der Waals surface area (Å²) in [5.41, 5.74) is 22.1. The van der Waals surface area contributed by atoms with Crippen LogP contribution >= 0.6 is 12.6 Å². The Bertz CT molecular complexity index is 1320. The molecule has 0 aromatic rings. The predicted molar refractivity (Wildman–Crippen MR) is 200 cm³/mol. The van der Waals surface area contributed by atoms with Gasteiger partial charge in [-0.25, -0.2) is 0 Å². The quantitative estimate of drug-likeness (QED) is 0.0337. The van der Waals surface area contributed by atoms with E-state index in [1.165, 1.54) is 6.92 Å². The maximum atomic E-state index is 13.7. The van der Waals surface area contributed by atoms with Gasteiger partial charge >= 0.3 is 0 Å². The van der Waals surface area contributed by atoms with Gasteiger partial charge in [0.25, 0.3) is 0 Å². The van der Waals surface area contributed by atoms with Crippen molar-refractivity contribution in [2.45, 2.75) is 94.5 Å². The fourth-order valence-corrected chi connectivity index (χ4v) is 5.24. The minimum Gasteiger partial charge on any atom is -0.394 e. The van der Waals surface area contributed by atoms with Crippen LogP contribution in [0, 0.1) is 0 Å². The number of unbranched alkanes of at least 4 members (excludes halogenated alkanes) is 2. The molecular weight excluding hydrogens is 730 g/mol. The van der Waals surface area contributed by atoms with Gasteiger partial charge in [0.05, 0.1) is 19.7 Å². The number of amides is 8. The summed E-state index contributed by atoms with van der Waals surface area (Å²) in [6.45, 7) is -0.112. The first kappa shape index (κ1) is 47.3. The summed E-state index contributed by atoms with van der Waals surface area (Å²) in [5, 5.41) is 29.4. The van der Waals surface area contributed by atoms with Gasteiger partial charge in [-0.05, 0) is 71.4 Å². The molecule has 22 nitrogen and oxygen atoms in total. The average Bonchev–Trinajstić information content (AvgIpc) is 3.13. The van der Waals surface area contributed by atoms with E-state index in [1.54, 1.807) is 0 Å². The van der Waals surface area contributed by atoms with E-state index in [4.69, 9.17) is 22.9 Å². The summed E-state index contributed by atoms with van der Waals surface area (Å²) in [6.07, 6.45) is 2.15. The van der Waals surface area contributed by atoms with Crippen molar-refractivity contribution in [3.8, 4) is 0 Å². The Morgan fingerprint density at radius 3 is 1.50 bits per heavy atom. The van der Waals surface area contributed by atoms with Crippen LogP contribution in [0.15, 0.2) is 4.99 Å². The first-order valence-electron chi connectivity index (χ1n) is 17.7. The molecule has 1 saturated heterocycles. The minimum atomic E-state index is -1.55. The number of thiol groups is 1. The Morgan fingerprint density at radius 1 is 0.611 bits per heavy atom. The number of nitrogens with zero attached hydrogens (tertiary/aromatic N) is 1. The highest BCUT2D eigenvalue weighted by Gasteiger charge is 2.32. The minimum absolute atomic E-state index is 0.00750. The standard InChI is InChI=1S/C31H57N13O9S/c1-17-25(48)37-13-23(46)40-18(7-2-4-10-32)27(50)43-20(9-6-12-36-31(34)35)28(51)42-19(8-3-5-11-33)29(52)44-21(15-45)26(49)38-14-24(47)41-22(16-54)30(53)39-17/h17-22,45,54H,2-16,32-33H2,1H3,(H,37,48)(H,38,49)(H,39,53)(H,40,46)(H,41,47)(H,42,51)(H,43,50)(H,44,52)(H4,34,35,36)/t17-,18-,19-,20-,21-,22-/m0/s1. The summed E-state index contributed by atoms with van der Waals surface area (Å²) >= 11 is 4.07. The van der Waals surface area contributed by atoms with Crippen molar-refractivity contribution in [1.82, 2.24) is 42.5 Å². The maximum Gasteiger partial charge on any atom is 0.245 e. The van der Waals surface area contributed by atoms with Crippen LogP contribution in [0.3, 0.4) is 0 Å². The van der Waals surface area contributed by atoms with Gasteiger partial charge in [0.2, 0.25) is 47.3 Å². The monoisotopic (exact) mass is 787 g/mol. The van der Waals surface area contributed by atoms with E-state index >= 15 is 0 Å². The third kappa shape index (κ3) is 18.3. The fourth-order valence-electron chi connectivity index (χ4n) is 4.98. The molecule has 1 fully saturated rings. The number of nitrogens with one attached hydrogen (secondary N) is 8. The number of aliphatic imine (C=N–C) groups is 1. The van der Waals surface area contributed by atoms with Gasteiger partial charge in [-0.15, -0.1) is 0 Å². The largest absolute Gasteiger partial charge is 0.394 e. The molecule has 1 heterocycles. The van der Waals surface area contributed by atoms with Crippen molar-refractivity contribution in [1.29, 1.82) is 0 Å². The van der Waals surface area contributed by atoms with Crippen molar-refractivity contribution < 1.29 is 43.5 Å². The van der Waals surface area contributed by atoms with Gasteiger partial charge in [-0.2, -0.15) is 12.6 Å². The van der Waals surface area contributed by atoms with Crippen LogP contribution in [-0.4, -0.2) is 140 Å². The Morgan fingerprint density at radius 2 is 1.04 bits per heavy atom. The lowest BCUT2D eigenvalue weighted by molar-refractivity contribution is -0.135. The molecule has 0 saturated carbocycles. The lowest BCUT2D eigenvalue weighted by atomic mass is 10.0. The first-order chi connectivity index (χ1) is 25.7. The normalized spacial score (nSPS) is 24.6. The second kappa shape index (κ2) is 26.1. The van der Waals surface area contributed by atoms with E-state index in [2.05, 4.69) is 60.2 Å².